The van der Waals surface area contributed by atoms with Gasteiger partial charge in [0.05, 0.1) is 40.0 Å². The van der Waals surface area contributed by atoms with Gasteiger partial charge in [-0.15, -0.1) is 0 Å². The van der Waals surface area contributed by atoms with Gasteiger partial charge in [0, 0.05) is 44.2 Å². The fourth-order valence-corrected chi connectivity index (χ4v) is 9.25. The zero-order valence-electron chi connectivity index (χ0n) is 34.6. The lowest BCUT2D eigenvalue weighted by Gasteiger charge is -2.11. The quantitative estimate of drug-likeness (QED) is 0.150. The average molecular weight is 816 g/mol. The van der Waals surface area contributed by atoms with E-state index in [1.54, 1.807) is 0 Å². The summed E-state index contributed by atoms with van der Waals surface area (Å²) < 4.78 is 4.69. The standard InChI is InChI=1S/C59H37N5/c1-60-46-30-34-57-51(36-46)49-16-8-11-19-56(49)64(57)48-33-35-58-52(37-48)50-17-9-10-18-55(50)63(58)47-31-28-42(29-32-47)40-22-20-39(21-23-40)41-24-26-44(27-25-41)54-38-53(43-12-4-2-5-13-43)61-59(62-54)45-14-6-3-7-15-45/h2-38H. The minimum atomic E-state index is 0.648. The lowest BCUT2D eigenvalue weighted by Crippen LogP contribution is -1.96. The maximum Gasteiger partial charge on any atom is 0.188 e. The summed E-state index contributed by atoms with van der Waals surface area (Å²) in [5.41, 5.74) is 16.9. The van der Waals surface area contributed by atoms with Gasteiger partial charge in [0.1, 0.15) is 0 Å². The summed E-state index contributed by atoms with van der Waals surface area (Å²) in [5, 5.41) is 4.62. The highest BCUT2D eigenvalue weighted by molar-refractivity contribution is 6.12. The molecule has 64 heavy (non-hydrogen) atoms. The van der Waals surface area contributed by atoms with Gasteiger partial charge in [-0.1, -0.05) is 164 Å². The van der Waals surface area contributed by atoms with E-state index in [1.807, 2.05) is 48.5 Å². The molecule has 5 nitrogen and oxygen atoms in total. The normalized spacial score (nSPS) is 11.4. The summed E-state index contributed by atoms with van der Waals surface area (Å²) in [5.74, 6) is 0.711. The predicted molar refractivity (Wildman–Crippen MR) is 264 cm³/mol. The minimum Gasteiger partial charge on any atom is -0.309 e. The van der Waals surface area contributed by atoms with Crippen LogP contribution >= 0.6 is 0 Å². The molecule has 0 aliphatic carbocycles. The Morgan fingerprint density at radius 2 is 0.719 bits per heavy atom. The third-order valence-corrected chi connectivity index (χ3v) is 12.4. The van der Waals surface area contributed by atoms with Gasteiger partial charge in [0.15, 0.2) is 11.5 Å². The third kappa shape index (κ3) is 6.33. The molecule has 0 aliphatic rings. The van der Waals surface area contributed by atoms with E-state index in [-0.39, 0.29) is 0 Å². The predicted octanol–water partition coefficient (Wildman–Crippen LogP) is 15.6. The number of nitrogens with zero attached hydrogens (tertiary/aromatic N) is 5. The van der Waals surface area contributed by atoms with E-state index in [0.29, 0.717) is 11.5 Å². The molecule has 0 spiro atoms. The second-order valence-electron chi connectivity index (χ2n) is 16.1. The molecule has 298 valence electrons. The van der Waals surface area contributed by atoms with Gasteiger partial charge in [-0.2, -0.15) is 0 Å². The molecule has 0 saturated heterocycles. The minimum absolute atomic E-state index is 0.648. The van der Waals surface area contributed by atoms with Crippen molar-refractivity contribution in [3.05, 3.63) is 236 Å². The van der Waals surface area contributed by atoms with E-state index in [4.69, 9.17) is 16.5 Å². The molecule has 9 aromatic carbocycles. The monoisotopic (exact) mass is 815 g/mol. The maximum absolute atomic E-state index is 7.61. The van der Waals surface area contributed by atoms with Gasteiger partial charge in [-0.25, -0.2) is 14.8 Å². The van der Waals surface area contributed by atoms with E-state index in [2.05, 4.69) is 190 Å². The summed E-state index contributed by atoms with van der Waals surface area (Å²) in [6, 6.07) is 78.8. The highest BCUT2D eigenvalue weighted by Crippen LogP contribution is 2.39. The van der Waals surface area contributed by atoms with Crippen molar-refractivity contribution in [2.24, 2.45) is 0 Å². The largest absolute Gasteiger partial charge is 0.309 e. The zero-order chi connectivity index (χ0) is 42.6. The number of rotatable bonds is 7. The van der Waals surface area contributed by atoms with Crippen molar-refractivity contribution in [2.45, 2.75) is 0 Å². The maximum atomic E-state index is 7.61. The van der Waals surface area contributed by atoms with Crippen LogP contribution in [0.5, 0.6) is 0 Å². The van der Waals surface area contributed by atoms with Crippen LogP contribution in [-0.4, -0.2) is 19.1 Å². The molecule has 0 N–H and O–H groups in total. The number of aromatic nitrogens is 4. The lowest BCUT2D eigenvalue weighted by atomic mass is 9.98. The Balaban J connectivity index is 0.840. The summed E-state index contributed by atoms with van der Waals surface area (Å²) in [6.45, 7) is 7.61. The van der Waals surface area contributed by atoms with Crippen LogP contribution in [0.2, 0.25) is 0 Å². The Labute approximate surface area is 370 Å². The third-order valence-electron chi connectivity index (χ3n) is 12.4. The van der Waals surface area contributed by atoms with Crippen molar-refractivity contribution in [3.8, 4) is 67.5 Å². The molecule has 12 rings (SSSR count). The Morgan fingerprint density at radius 1 is 0.312 bits per heavy atom. The topological polar surface area (TPSA) is 40.0 Å². The summed E-state index contributed by atoms with van der Waals surface area (Å²) >= 11 is 0. The summed E-state index contributed by atoms with van der Waals surface area (Å²) in [4.78, 5) is 13.7. The molecule has 5 heteroatoms. The molecule has 0 saturated carbocycles. The molecule has 0 amide bonds. The molecule has 0 atom stereocenters. The van der Waals surface area contributed by atoms with Crippen molar-refractivity contribution in [3.63, 3.8) is 0 Å². The van der Waals surface area contributed by atoms with Gasteiger partial charge in [-0.3, -0.25) is 0 Å². The molecule has 0 bridgehead atoms. The van der Waals surface area contributed by atoms with E-state index in [1.165, 1.54) is 10.8 Å². The second kappa shape index (κ2) is 15.3. The van der Waals surface area contributed by atoms with Crippen molar-refractivity contribution in [1.29, 1.82) is 0 Å². The second-order valence-corrected chi connectivity index (χ2v) is 16.1. The fourth-order valence-electron chi connectivity index (χ4n) is 9.25. The van der Waals surface area contributed by atoms with Gasteiger partial charge in [0.25, 0.3) is 0 Å². The first kappa shape index (κ1) is 37.0. The van der Waals surface area contributed by atoms with Crippen molar-refractivity contribution in [1.82, 2.24) is 19.1 Å². The molecule has 3 heterocycles. The van der Waals surface area contributed by atoms with Crippen LogP contribution in [0.1, 0.15) is 0 Å². The van der Waals surface area contributed by atoms with E-state index in [0.717, 1.165) is 94.5 Å². The number of benzene rings is 9. The Kier molecular flexibility index (Phi) is 8.81. The van der Waals surface area contributed by atoms with Crippen LogP contribution in [0, 0.1) is 6.57 Å². The number of hydrogen-bond acceptors (Lipinski definition) is 2. The fraction of sp³-hybridized carbons (Fsp3) is 0. The van der Waals surface area contributed by atoms with Crippen molar-refractivity contribution < 1.29 is 0 Å². The summed E-state index contributed by atoms with van der Waals surface area (Å²) in [7, 11) is 0. The van der Waals surface area contributed by atoms with Crippen LogP contribution in [0.4, 0.5) is 5.69 Å². The average Bonchev–Trinajstić information content (AvgIpc) is 3.89. The van der Waals surface area contributed by atoms with Crippen LogP contribution in [0.3, 0.4) is 0 Å². The van der Waals surface area contributed by atoms with Gasteiger partial charge < -0.3 is 9.13 Å². The van der Waals surface area contributed by atoms with Gasteiger partial charge >= 0.3 is 0 Å². The molecule has 0 aliphatic heterocycles. The van der Waals surface area contributed by atoms with Crippen LogP contribution < -0.4 is 0 Å². The molecule has 0 fully saturated rings. The van der Waals surface area contributed by atoms with Crippen LogP contribution in [0.25, 0.3) is 116 Å². The van der Waals surface area contributed by atoms with Gasteiger partial charge in [0.2, 0.25) is 0 Å². The Morgan fingerprint density at radius 3 is 1.28 bits per heavy atom. The molecule has 0 unspecified atom stereocenters. The molecular weight excluding hydrogens is 779 g/mol. The highest BCUT2D eigenvalue weighted by Gasteiger charge is 2.17. The van der Waals surface area contributed by atoms with Crippen molar-refractivity contribution >= 4 is 49.3 Å². The Hall–Kier alpha value is -8.85. The first-order valence-electron chi connectivity index (χ1n) is 21.4. The first-order chi connectivity index (χ1) is 31.7. The number of hydrogen-bond donors (Lipinski definition) is 0. The SMILES string of the molecule is [C-]#[N+]c1ccc2c(c1)c1ccccc1n2-c1ccc2c(c1)c1ccccc1n2-c1ccc(-c2ccc(-c3ccc(-c4cc(-c5ccccc5)nc(-c5ccccc5)n4)cc3)cc2)cc1. The summed E-state index contributed by atoms with van der Waals surface area (Å²) in [6.07, 6.45) is 0. The highest BCUT2D eigenvalue weighted by atomic mass is 15.0. The Bertz CT molecular complexity index is 3690. The molecular formula is C59H37N5. The lowest BCUT2D eigenvalue weighted by molar-refractivity contribution is 1.17. The van der Waals surface area contributed by atoms with E-state index >= 15 is 0 Å². The van der Waals surface area contributed by atoms with Crippen LogP contribution in [0.15, 0.2) is 224 Å². The van der Waals surface area contributed by atoms with E-state index in [9.17, 15) is 0 Å². The van der Waals surface area contributed by atoms with Gasteiger partial charge in [-0.05, 0) is 88.3 Å². The zero-order valence-corrected chi connectivity index (χ0v) is 34.6. The van der Waals surface area contributed by atoms with E-state index < -0.39 is 0 Å². The number of para-hydroxylation sites is 2. The molecule has 3 aromatic heterocycles. The smallest absolute Gasteiger partial charge is 0.188 e. The van der Waals surface area contributed by atoms with Crippen LogP contribution in [-0.2, 0) is 0 Å². The van der Waals surface area contributed by atoms with Crippen molar-refractivity contribution in [2.75, 3.05) is 0 Å². The first-order valence-corrected chi connectivity index (χ1v) is 21.4. The molecule has 0 radical (unpaired) electrons. The number of fused-ring (bicyclic) bond motifs is 6. The molecule has 12 aromatic rings.